The van der Waals surface area contributed by atoms with Crippen LogP contribution in [0.2, 0.25) is 0 Å². The van der Waals surface area contributed by atoms with E-state index in [4.69, 9.17) is 14.4 Å². The van der Waals surface area contributed by atoms with Gasteiger partial charge in [0.15, 0.2) is 0 Å². The highest BCUT2D eigenvalue weighted by molar-refractivity contribution is 5.44. The predicted octanol–water partition coefficient (Wildman–Crippen LogP) is 12.4. The van der Waals surface area contributed by atoms with Gasteiger partial charge in [-0.25, -0.2) is 8.78 Å². The van der Waals surface area contributed by atoms with E-state index in [9.17, 15) is 8.78 Å². The quantitative estimate of drug-likeness (QED) is 0.0835. The third-order valence-corrected chi connectivity index (χ3v) is 6.00. The second-order valence-electron chi connectivity index (χ2n) is 10.8. The minimum Gasteiger partial charge on any atom is -0.313 e. The number of hydrogen-bond acceptors (Lipinski definition) is 5. The van der Waals surface area contributed by atoms with Crippen molar-refractivity contribution in [2.75, 3.05) is 20.6 Å². The third-order valence-electron chi connectivity index (χ3n) is 6.00. The lowest BCUT2D eigenvalue weighted by Crippen LogP contribution is -2.14. The topological polar surface area (TPSA) is 66.5 Å². The van der Waals surface area contributed by atoms with Gasteiger partial charge in [0.1, 0.15) is 31.5 Å². The van der Waals surface area contributed by atoms with Gasteiger partial charge in [0, 0.05) is 19.2 Å². The van der Waals surface area contributed by atoms with E-state index in [-0.39, 0.29) is 0 Å². The number of aldehydes is 1. The van der Waals surface area contributed by atoms with E-state index in [1.165, 1.54) is 59.7 Å². The minimum absolute atomic E-state index is 0.521. The summed E-state index contributed by atoms with van der Waals surface area (Å²) >= 11 is 0. The number of nitrogens with zero attached hydrogens (tertiary/aromatic N) is 1. The van der Waals surface area contributed by atoms with E-state index >= 15 is 0 Å². The molecule has 5 nitrogen and oxygen atoms in total. The van der Waals surface area contributed by atoms with Crippen molar-refractivity contribution in [3.05, 3.63) is 155 Å². The Hall–Kier alpha value is -5.03. The fourth-order valence-electron chi connectivity index (χ4n) is 3.77. The van der Waals surface area contributed by atoms with Gasteiger partial charge in [-0.1, -0.05) is 138 Å². The van der Waals surface area contributed by atoms with Crippen LogP contribution in [0.4, 0.5) is 8.78 Å². The van der Waals surface area contributed by atoms with Crippen molar-refractivity contribution in [2.45, 2.75) is 102 Å². The Morgan fingerprint density at radius 2 is 1.04 bits per heavy atom. The third kappa shape index (κ3) is 51.1. The first-order valence-electron chi connectivity index (χ1n) is 18.8. The number of terminal acetylenes is 1. The molecule has 0 aromatic heterocycles. The summed E-state index contributed by atoms with van der Waals surface area (Å²) in [5, 5.41) is 3.45. The average molecular weight is 779 g/mol. The van der Waals surface area contributed by atoms with Crippen LogP contribution < -0.4 is 5.32 Å². The van der Waals surface area contributed by atoms with Gasteiger partial charge < -0.3 is 24.6 Å². The molecular weight excluding hydrogens is 703 g/mol. The molecule has 0 atom stereocenters. The van der Waals surface area contributed by atoms with Gasteiger partial charge in [0.25, 0.3) is 0 Å². The van der Waals surface area contributed by atoms with Crippen LogP contribution in [-0.2, 0) is 33.9 Å². The summed E-state index contributed by atoms with van der Waals surface area (Å²) in [6.07, 6.45) is 12.4. The molecule has 0 spiro atoms. The van der Waals surface area contributed by atoms with Crippen molar-refractivity contribution < 1.29 is 23.2 Å². The van der Waals surface area contributed by atoms with Crippen molar-refractivity contribution in [1.82, 2.24) is 10.2 Å². The zero-order valence-electron chi connectivity index (χ0n) is 37.0. The summed E-state index contributed by atoms with van der Waals surface area (Å²) in [7, 11) is 4.15. The normalized spacial score (nSPS) is 8.02. The molecule has 0 aliphatic heterocycles. The summed E-state index contributed by atoms with van der Waals surface area (Å²) in [6, 6.07) is 31.2. The van der Waals surface area contributed by atoms with Gasteiger partial charge in [0.2, 0.25) is 0 Å². The highest BCUT2D eigenvalue weighted by atomic mass is 19.1. The maximum absolute atomic E-state index is 12.2. The second-order valence-corrected chi connectivity index (χ2v) is 10.8. The monoisotopic (exact) mass is 779 g/mol. The molecule has 0 bridgehead atoms. The molecule has 0 radical (unpaired) electrons. The van der Waals surface area contributed by atoms with Gasteiger partial charge in [-0.2, -0.15) is 0 Å². The molecule has 0 unspecified atom stereocenters. The van der Waals surface area contributed by atoms with Gasteiger partial charge in [0.05, 0.1) is 0 Å². The Labute approximate surface area is 342 Å². The Bertz CT molecular complexity index is 1290. The number of carbonyl (C=O) groups is 3. The highest BCUT2D eigenvalue weighted by Gasteiger charge is 1.95. The van der Waals surface area contributed by atoms with Crippen molar-refractivity contribution in [3.63, 3.8) is 0 Å². The predicted molar refractivity (Wildman–Crippen MR) is 243 cm³/mol. The molecule has 314 valence electrons. The highest BCUT2D eigenvalue weighted by Crippen LogP contribution is 2.06. The molecule has 0 saturated heterocycles. The Morgan fingerprint density at radius 3 is 1.39 bits per heavy atom. The summed E-state index contributed by atoms with van der Waals surface area (Å²) in [4.78, 5) is 27.0. The molecule has 0 fully saturated rings. The molecule has 4 aromatic rings. The van der Waals surface area contributed by atoms with Crippen LogP contribution in [0.5, 0.6) is 0 Å². The van der Waals surface area contributed by atoms with Crippen molar-refractivity contribution >= 4 is 19.9 Å². The first kappa shape index (κ1) is 65.8. The summed E-state index contributed by atoms with van der Waals surface area (Å²) in [5.74, 6) is -1.04. The smallest absolute Gasteiger partial charge is 0.126 e. The van der Waals surface area contributed by atoms with Crippen LogP contribution in [0, 0.1) is 45.3 Å². The van der Waals surface area contributed by atoms with Crippen LogP contribution in [0.3, 0.4) is 0 Å². The molecular formula is C49H76F2N2O3. The van der Waals surface area contributed by atoms with E-state index in [2.05, 4.69) is 151 Å². The van der Waals surface area contributed by atoms with Gasteiger partial charge in [-0.05, 0) is 95.6 Å². The molecule has 0 heterocycles. The maximum Gasteiger partial charge on any atom is 0.126 e. The maximum atomic E-state index is 12.2. The van der Waals surface area contributed by atoms with E-state index in [0.717, 1.165) is 38.4 Å². The average Bonchev–Trinajstić information content (AvgIpc) is 3.23. The molecule has 0 amide bonds. The van der Waals surface area contributed by atoms with Gasteiger partial charge >= 0.3 is 0 Å². The minimum atomic E-state index is -0.521. The fourth-order valence-corrected chi connectivity index (χ4v) is 3.77. The summed E-state index contributed by atoms with van der Waals surface area (Å²) in [6.45, 7) is 32.9. The van der Waals surface area contributed by atoms with Gasteiger partial charge in [-0.15, -0.1) is 26.0 Å². The van der Waals surface area contributed by atoms with E-state index in [0.29, 0.717) is 5.56 Å². The molecule has 56 heavy (non-hydrogen) atoms. The molecule has 0 aliphatic carbocycles. The lowest BCUT2D eigenvalue weighted by atomic mass is 10.1. The zero-order chi connectivity index (χ0) is 45.2. The number of aryl methyl sites for hydroxylation is 4. The Morgan fingerprint density at radius 1 is 0.643 bits per heavy atom. The summed E-state index contributed by atoms with van der Waals surface area (Å²) in [5.41, 5.74) is 7.46. The van der Waals surface area contributed by atoms with E-state index < -0.39 is 11.6 Å². The first-order valence-corrected chi connectivity index (χ1v) is 18.8. The van der Waals surface area contributed by atoms with Crippen molar-refractivity contribution in [2.24, 2.45) is 0 Å². The molecule has 7 heteroatoms. The first-order chi connectivity index (χ1) is 27.0. The van der Waals surface area contributed by atoms with Crippen molar-refractivity contribution in [3.8, 4) is 12.8 Å². The zero-order valence-corrected chi connectivity index (χ0v) is 37.0. The number of benzene rings is 4. The molecule has 4 rings (SSSR count). The van der Waals surface area contributed by atoms with Crippen LogP contribution in [0.15, 0.2) is 110 Å². The summed E-state index contributed by atoms with van der Waals surface area (Å²) < 4.78 is 24.4. The van der Waals surface area contributed by atoms with E-state index in [1.807, 2.05) is 47.3 Å². The number of unbranched alkanes of at least 4 members (excludes halogenated alkanes) is 1. The lowest BCUT2D eigenvalue weighted by molar-refractivity contribution is -0.106. The SMILES string of the molecule is C#C.C=C.C=O.C=O.CC.CC.CC=O.CCCCNCc1cccc(CC)c1.CN(C)Cc1ccccc1.Cc1cc(F)cc(F)c1.Cc1ccc(C)cc1. The van der Waals surface area contributed by atoms with E-state index in [1.54, 1.807) is 6.92 Å². The fraction of sp³-hybridized carbons (Fsp3) is 0.367. The number of nitrogens with one attached hydrogen (secondary N) is 1. The van der Waals surface area contributed by atoms with Crippen LogP contribution in [0.25, 0.3) is 0 Å². The number of carbonyl (C=O) groups excluding carboxylic acids is 3. The number of halogens is 2. The standard InChI is InChI=1S/C13H21N.C9H13N.C8H10.C7H6F2.C2H4O.2C2H6.C2H4.C2H2.2CH2O/c1-3-5-9-14-11-13-8-6-7-12(4-2)10-13;1-10(2)8-9-6-4-3-5-7-9;1-7-3-5-8(2)6-4-7;1-5-2-6(8)4-7(9)3-5;1-2-3;6*1-2/h6-8,10,14H,3-5,9,11H2,1-2H3;3-7H,8H2,1-2H3;3-6H,1-2H3;2-4H,1H3;2H,1H3;2*1-2H3;1-2H2;1-2H;2*1H2. The molecule has 0 aliphatic rings. The number of hydrogen-bond donors (Lipinski definition) is 1. The Balaban J connectivity index is -0.000000104. The lowest BCUT2D eigenvalue weighted by Gasteiger charge is -2.08. The van der Waals surface area contributed by atoms with Gasteiger partial charge in [-0.3, -0.25) is 0 Å². The van der Waals surface area contributed by atoms with Crippen LogP contribution >= 0.6 is 0 Å². The van der Waals surface area contributed by atoms with Crippen LogP contribution in [-0.4, -0.2) is 45.4 Å². The van der Waals surface area contributed by atoms with Crippen molar-refractivity contribution in [1.29, 1.82) is 0 Å². The van der Waals surface area contributed by atoms with Crippen LogP contribution in [0.1, 0.15) is 94.7 Å². The molecule has 4 aromatic carbocycles. The molecule has 0 saturated carbocycles. The second kappa shape index (κ2) is 56.7. The Kier molecular flexibility index (Phi) is 66.7. The molecule has 1 N–H and O–H groups in total. The largest absolute Gasteiger partial charge is 0.313 e. The number of rotatable bonds is 8.